The predicted octanol–water partition coefficient (Wildman–Crippen LogP) is 1.75. The Kier molecular flexibility index (Phi) is 4.78. The molecule has 1 aliphatic carbocycles. The average Bonchev–Trinajstić information content (AvgIpc) is 2.86. The number of rotatable bonds is 5. The number of aliphatic hydroxyl groups is 2. The Labute approximate surface area is 109 Å². The van der Waals surface area contributed by atoms with Gasteiger partial charge in [-0.25, -0.2) is 0 Å². The highest BCUT2D eigenvalue weighted by Crippen LogP contribution is 2.28. The van der Waals surface area contributed by atoms with Crippen molar-refractivity contribution in [2.45, 2.75) is 64.2 Å². The highest BCUT2D eigenvalue weighted by Gasteiger charge is 2.27. The molecule has 2 rings (SSSR count). The predicted molar refractivity (Wildman–Crippen MR) is 70.2 cm³/mol. The van der Waals surface area contributed by atoms with E-state index in [1.807, 2.05) is 17.8 Å². The largest absolute Gasteiger partial charge is 0.390 e. The first-order chi connectivity index (χ1) is 8.70. The number of aryl methyl sites for hydroxylation is 1. The van der Waals surface area contributed by atoms with Crippen LogP contribution in [0.5, 0.6) is 0 Å². The zero-order valence-corrected chi connectivity index (χ0v) is 11.1. The van der Waals surface area contributed by atoms with Gasteiger partial charge in [-0.2, -0.15) is 5.10 Å². The topological polar surface area (TPSA) is 58.3 Å². The minimum atomic E-state index is -0.664. The summed E-state index contributed by atoms with van der Waals surface area (Å²) in [6, 6.07) is 0. The van der Waals surface area contributed by atoms with Gasteiger partial charge in [-0.3, -0.25) is 4.68 Å². The van der Waals surface area contributed by atoms with Crippen LogP contribution in [0.15, 0.2) is 12.4 Å². The Morgan fingerprint density at radius 1 is 1.33 bits per heavy atom. The fourth-order valence-electron chi connectivity index (χ4n) is 2.84. The average molecular weight is 252 g/mol. The number of aromatic nitrogens is 2. The van der Waals surface area contributed by atoms with Crippen molar-refractivity contribution in [3.63, 3.8) is 0 Å². The molecule has 0 amide bonds. The molecule has 1 aromatic heterocycles. The van der Waals surface area contributed by atoms with Crippen LogP contribution in [-0.4, -0.2) is 32.2 Å². The van der Waals surface area contributed by atoms with Gasteiger partial charge in [0.2, 0.25) is 0 Å². The van der Waals surface area contributed by atoms with Crippen LogP contribution >= 0.6 is 0 Å². The molecule has 2 unspecified atom stereocenters. The molecule has 4 nitrogen and oxygen atoms in total. The van der Waals surface area contributed by atoms with Crippen molar-refractivity contribution in [1.29, 1.82) is 0 Å². The lowest BCUT2D eigenvalue weighted by atomic mass is 9.82. The Balaban J connectivity index is 1.87. The molecule has 102 valence electrons. The summed E-state index contributed by atoms with van der Waals surface area (Å²) >= 11 is 0. The molecular weight excluding hydrogens is 228 g/mol. The van der Waals surface area contributed by atoms with Gasteiger partial charge in [-0.05, 0) is 31.2 Å². The van der Waals surface area contributed by atoms with E-state index in [0.29, 0.717) is 6.42 Å². The van der Waals surface area contributed by atoms with E-state index in [4.69, 9.17) is 0 Å². The first-order valence-corrected chi connectivity index (χ1v) is 7.08. The lowest BCUT2D eigenvalue weighted by Crippen LogP contribution is -2.36. The van der Waals surface area contributed by atoms with Crippen LogP contribution < -0.4 is 0 Å². The summed E-state index contributed by atoms with van der Waals surface area (Å²) in [5.41, 5.74) is 0.999. The van der Waals surface area contributed by atoms with Crippen molar-refractivity contribution in [3.05, 3.63) is 18.0 Å². The van der Waals surface area contributed by atoms with E-state index in [-0.39, 0.29) is 5.92 Å². The smallest absolute Gasteiger partial charge is 0.0843 e. The van der Waals surface area contributed by atoms with E-state index in [2.05, 4.69) is 5.10 Å². The van der Waals surface area contributed by atoms with Crippen molar-refractivity contribution in [2.75, 3.05) is 0 Å². The van der Waals surface area contributed by atoms with Crippen LogP contribution in [0.25, 0.3) is 0 Å². The maximum Gasteiger partial charge on any atom is 0.0843 e. The van der Waals surface area contributed by atoms with Gasteiger partial charge >= 0.3 is 0 Å². The van der Waals surface area contributed by atoms with Crippen molar-refractivity contribution < 1.29 is 10.2 Å². The van der Waals surface area contributed by atoms with Crippen molar-refractivity contribution in [2.24, 2.45) is 5.92 Å². The van der Waals surface area contributed by atoms with E-state index in [1.54, 1.807) is 6.20 Å². The van der Waals surface area contributed by atoms with E-state index < -0.39 is 12.2 Å². The third-order valence-corrected chi connectivity index (χ3v) is 3.98. The van der Waals surface area contributed by atoms with Gasteiger partial charge < -0.3 is 10.2 Å². The molecule has 2 atom stereocenters. The van der Waals surface area contributed by atoms with Gasteiger partial charge in [0.1, 0.15) is 0 Å². The molecule has 0 radical (unpaired) electrons. The van der Waals surface area contributed by atoms with E-state index in [9.17, 15) is 10.2 Å². The second kappa shape index (κ2) is 6.34. The second-order valence-electron chi connectivity index (χ2n) is 5.36. The molecule has 2 N–H and O–H groups in total. The minimum absolute atomic E-state index is 0.273. The Bertz CT molecular complexity index is 358. The fourth-order valence-corrected chi connectivity index (χ4v) is 2.84. The molecule has 0 bridgehead atoms. The highest BCUT2D eigenvalue weighted by atomic mass is 16.3. The Hall–Kier alpha value is -0.870. The lowest BCUT2D eigenvalue weighted by Gasteiger charge is -2.29. The molecule has 18 heavy (non-hydrogen) atoms. The molecule has 0 saturated heterocycles. The number of hydrogen-bond acceptors (Lipinski definition) is 3. The lowest BCUT2D eigenvalue weighted by molar-refractivity contribution is -0.0263. The molecular formula is C14H24N2O2. The third kappa shape index (κ3) is 3.33. The first kappa shape index (κ1) is 13.6. The SMILES string of the molecule is CCn1cc(CC(O)C(O)C2CCCCC2)cn1. The highest BCUT2D eigenvalue weighted by molar-refractivity contribution is 5.06. The van der Waals surface area contributed by atoms with Gasteiger partial charge in [0.15, 0.2) is 0 Å². The standard InChI is InChI=1S/C14H24N2O2/c1-2-16-10-11(9-15-16)8-13(17)14(18)12-6-4-3-5-7-12/h9-10,12-14,17-18H,2-8H2,1H3. The van der Waals surface area contributed by atoms with E-state index >= 15 is 0 Å². The molecule has 0 spiro atoms. The molecule has 4 heteroatoms. The Morgan fingerprint density at radius 2 is 2.06 bits per heavy atom. The monoisotopic (exact) mass is 252 g/mol. The van der Waals surface area contributed by atoms with Gasteiger partial charge in [0.25, 0.3) is 0 Å². The summed E-state index contributed by atoms with van der Waals surface area (Å²) in [4.78, 5) is 0. The Morgan fingerprint density at radius 3 is 2.67 bits per heavy atom. The van der Waals surface area contributed by atoms with Gasteiger partial charge in [0, 0.05) is 19.2 Å². The van der Waals surface area contributed by atoms with Crippen LogP contribution in [0, 0.1) is 5.92 Å². The summed E-state index contributed by atoms with van der Waals surface area (Å²) in [6.07, 6.45) is 8.69. The second-order valence-corrected chi connectivity index (χ2v) is 5.36. The van der Waals surface area contributed by atoms with Crippen LogP contribution in [0.1, 0.15) is 44.6 Å². The number of nitrogens with zero attached hydrogens (tertiary/aromatic N) is 2. The van der Waals surface area contributed by atoms with Gasteiger partial charge in [-0.15, -0.1) is 0 Å². The maximum atomic E-state index is 10.2. The quantitative estimate of drug-likeness (QED) is 0.839. The molecule has 0 aromatic carbocycles. The third-order valence-electron chi connectivity index (χ3n) is 3.98. The molecule has 1 saturated carbocycles. The molecule has 1 fully saturated rings. The summed E-state index contributed by atoms with van der Waals surface area (Å²) in [7, 11) is 0. The van der Waals surface area contributed by atoms with Crippen LogP contribution in [0.2, 0.25) is 0 Å². The first-order valence-electron chi connectivity index (χ1n) is 7.08. The summed E-state index contributed by atoms with van der Waals surface area (Å²) in [6.45, 7) is 2.87. The van der Waals surface area contributed by atoms with Crippen LogP contribution in [-0.2, 0) is 13.0 Å². The summed E-state index contributed by atoms with van der Waals surface area (Å²) in [5, 5.41) is 24.5. The maximum absolute atomic E-state index is 10.2. The zero-order chi connectivity index (χ0) is 13.0. The molecule has 1 aromatic rings. The minimum Gasteiger partial charge on any atom is -0.390 e. The number of hydrogen-bond donors (Lipinski definition) is 2. The summed E-state index contributed by atoms with van der Waals surface area (Å²) in [5.74, 6) is 0.273. The van der Waals surface area contributed by atoms with Gasteiger partial charge in [-0.1, -0.05) is 19.3 Å². The fraction of sp³-hybridized carbons (Fsp3) is 0.786. The van der Waals surface area contributed by atoms with E-state index in [0.717, 1.165) is 24.9 Å². The normalized spacial score (nSPS) is 20.8. The molecule has 1 aliphatic rings. The summed E-state index contributed by atoms with van der Waals surface area (Å²) < 4.78 is 1.84. The van der Waals surface area contributed by atoms with Crippen LogP contribution in [0.4, 0.5) is 0 Å². The molecule has 1 heterocycles. The van der Waals surface area contributed by atoms with Crippen LogP contribution in [0.3, 0.4) is 0 Å². The van der Waals surface area contributed by atoms with E-state index in [1.165, 1.54) is 19.3 Å². The van der Waals surface area contributed by atoms with Gasteiger partial charge in [0.05, 0.1) is 18.4 Å². The van der Waals surface area contributed by atoms with Crippen molar-refractivity contribution in [1.82, 2.24) is 9.78 Å². The zero-order valence-electron chi connectivity index (χ0n) is 11.1. The molecule has 0 aliphatic heterocycles. The number of aliphatic hydroxyl groups excluding tert-OH is 2. The van der Waals surface area contributed by atoms with Crippen molar-refractivity contribution in [3.8, 4) is 0 Å². The van der Waals surface area contributed by atoms with Crippen molar-refractivity contribution >= 4 is 0 Å².